The summed E-state index contributed by atoms with van der Waals surface area (Å²) < 4.78 is 12.1. The molecule has 4 aliphatic rings. The van der Waals surface area contributed by atoms with Crippen LogP contribution >= 0.6 is 0 Å². The third-order valence-electron chi connectivity index (χ3n) is 14.8. The lowest BCUT2D eigenvalue weighted by atomic mass is 9.47. The first-order chi connectivity index (χ1) is 26.1. The molecule has 0 aliphatic heterocycles. The number of esters is 1. The minimum atomic E-state index is -0.0177. The second-order valence-electron chi connectivity index (χ2n) is 18.9. The van der Waals surface area contributed by atoms with E-state index in [0.29, 0.717) is 23.9 Å². The van der Waals surface area contributed by atoms with Gasteiger partial charge in [0.15, 0.2) is 0 Å². The Hall–Kier alpha value is -2.99. The summed E-state index contributed by atoms with van der Waals surface area (Å²) in [6.07, 6.45) is 23.8. The lowest BCUT2D eigenvalue weighted by molar-refractivity contribution is -0.151. The van der Waals surface area contributed by atoms with Crippen LogP contribution in [-0.2, 0) is 16.0 Å². The maximum atomic E-state index is 12.9. The van der Waals surface area contributed by atoms with E-state index in [1.165, 1.54) is 76.2 Å². The summed E-state index contributed by atoms with van der Waals surface area (Å²) in [5.41, 5.74) is 5.84. The first-order valence-corrected chi connectivity index (χ1v) is 22.3. The molecule has 0 N–H and O–H groups in total. The van der Waals surface area contributed by atoms with E-state index in [-0.39, 0.29) is 12.1 Å². The predicted molar refractivity (Wildman–Crippen MR) is 224 cm³/mol. The smallest absolute Gasteiger partial charge is 0.306 e. The maximum absolute atomic E-state index is 12.9. The molecule has 0 saturated heterocycles. The Kier molecular flexibility index (Phi) is 14.1. The van der Waals surface area contributed by atoms with E-state index in [9.17, 15) is 4.79 Å². The van der Waals surface area contributed by atoms with Crippen molar-refractivity contribution in [2.24, 2.45) is 46.3 Å². The van der Waals surface area contributed by atoms with Crippen LogP contribution in [0.2, 0.25) is 0 Å². The van der Waals surface area contributed by atoms with Crippen LogP contribution in [0.5, 0.6) is 5.75 Å². The fourth-order valence-corrected chi connectivity index (χ4v) is 11.7. The minimum absolute atomic E-state index is 0.0177. The van der Waals surface area contributed by atoms with E-state index in [1.54, 1.807) is 5.57 Å². The van der Waals surface area contributed by atoms with Crippen LogP contribution in [-0.4, -0.2) is 18.7 Å². The molecular formula is C51H72O3. The van der Waals surface area contributed by atoms with Gasteiger partial charge in [0.05, 0.1) is 6.61 Å². The number of benzene rings is 2. The van der Waals surface area contributed by atoms with Crippen molar-refractivity contribution in [1.29, 1.82) is 0 Å². The standard InChI is InChI=1S/C51H72O3/c1-7-8-15-39-17-19-40(20-18-39)21-22-41-23-26-43(27-24-41)53-35-11-9-10-16-49(52)54-44-31-33-50(5)42(36-44)25-28-45-47-30-29-46(38(4)14-12-13-37(2)3)51(47,6)34-32-48(45)50/h17-20,23-27,37-38,44-48H,7-16,28-36H2,1-6H3/t38-,44?,45+,46-,47+,48+,50+,51-/m1/s1. The van der Waals surface area contributed by atoms with Crippen LogP contribution in [0.25, 0.3) is 0 Å². The molecule has 0 radical (unpaired) electrons. The van der Waals surface area contributed by atoms with Gasteiger partial charge in [0, 0.05) is 24.0 Å². The Morgan fingerprint density at radius 2 is 1.56 bits per heavy atom. The molecule has 2 aromatic rings. The SMILES string of the molecule is CCCCc1ccc(C#Cc2ccc(OCCCCCC(=O)OC3CC[C@@]4(C)C(=CC[C@H]5[C@@H]6CC[C@H]([C@H](C)CCCC(C)C)[C@@]6(C)CC[C@@H]54)C3)cc2)cc1. The Morgan fingerprint density at radius 1 is 0.815 bits per heavy atom. The van der Waals surface area contributed by atoms with E-state index in [4.69, 9.17) is 9.47 Å². The summed E-state index contributed by atoms with van der Waals surface area (Å²) in [5, 5.41) is 0. The van der Waals surface area contributed by atoms with Crippen molar-refractivity contribution in [3.63, 3.8) is 0 Å². The maximum Gasteiger partial charge on any atom is 0.306 e. The third-order valence-corrected chi connectivity index (χ3v) is 14.8. The van der Waals surface area contributed by atoms with Crippen LogP contribution in [0.4, 0.5) is 0 Å². The van der Waals surface area contributed by atoms with Gasteiger partial charge in [-0.25, -0.2) is 0 Å². The lowest BCUT2D eigenvalue weighted by Crippen LogP contribution is -2.51. The number of ether oxygens (including phenoxy) is 2. The highest BCUT2D eigenvalue weighted by molar-refractivity contribution is 5.69. The third kappa shape index (κ3) is 9.87. The van der Waals surface area contributed by atoms with E-state index in [1.807, 2.05) is 24.3 Å². The number of hydrogen-bond acceptors (Lipinski definition) is 3. The molecule has 4 aliphatic carbocycles. The van der Waals surface area contributed by atoms with Gasteiger partial charge in [-0.3, -0.25) is 4.79 Å². The van der Waals surface area contributed by atoms with E-state index >= 15 is 0 Å². The van der Waals surface area contributed by atoms with Gasteiger partial charge in [0.2, 0.25) is 0 Å². The Bertz CT molecular complexity index is 1590. The molecule has 8 atom stereocenters. The molecule has 0 heterocycles. The number of allylic oxidation sites excluding steroid dienone is 1. The molecule has 0 bridgehead atoms. The molecule has 3 heteroatoms. The summed E-state index contributed by atoms with van der Waals surface area (Å²) in [7, 11) is 0. The van der Waals surface area contributed by atoms with Gasteiger partial charge in [-0.1, -0.05) is 103 Å². The molecule has 0 amide bonds. The largest absolute Gasteiger partial charge is 0.494 e. The number of hydrogen-bond donors (Lipinski definition) is 0. The molecule has 3 nitrogen and oxygen atoms in total. The summed E-state index contributed by atoms with van der Waals surface area (Å²) in [6.45, 7) is 15.5. The highest BCUT2D eigenvalue weighted by Crippen LogP contribution is 2.67. The van der Waals surface area contributed by atoms with E-state index in [0.717, 1.165) is 90.9 Å². The zero-order valence-electron chi connectivity index (χ0n) is 34.9. The Labute approximate surface area is 329 Å². The molecule has 6 rings (SSSR count). The molecule has 3 saturated carbocycles. The Balaban J connectivity index is 0.884. The second-order valence-corrected chi connectivity index (χ2v) is 18.9. The average molecular weight is 733 g/mol. The second kappa shape index (κ2) is 18.8. The fraction of sp³-hybridized carbons (Fsp3) is 0.667. The molecule has 294 valence electrons. The highest BCUT2D eigenvalue weighted by atomic mass is 16.5. The molecule has 0 spiro atoms. The van der Waals surface area contributed by atoms with Gasteiger partial charge in [-0.05, 0) is 165 Å². The number of aryl methyl sites for hydroxylation is 1. The molecule has 2 aromatic carbocycles. The van der Waals surface area contributed by atoms with Gasteiger partial charge in [0.25, 0.3) is 0 Å². The van der Waals surface area contributed by atoms with Crippen molar-refractivity contribution < 1.29 is 14.3 Å². The van der Waals surface area contributed by atoms with Crippen molar-refractivity contribution in [2.45, 2.75) is 163 Å². The number of carbonyl (C=O) groups is 1. The molecular weight excluding hydrogens is 661 g/mol. The van der Waals surface area contributed by atoms with Crippen molar-refractivity contribution >= 4 is 5.97 Å². The average Bonchev–Trinajstić information content (AvgIpc) is 3.52. The first-order valence-electron chi connectivity index (χ1n) is 22.3. The lowest BCUT2D eigenvalue weighted by Gasteiger charge is -2.58. The van der Waals surface area contributed by atoms with E-state index in [2.05, 4.69) is 83.7 Å². The van der Waals surface area contributed by atoms with Gasteiger partial charge in [0.1, 0.15) is 11.9 Å². The van der Waals surface area contributed by atoms with Crippen molar-refractivity contribution in [1.82, 2.24) is 0 Å². The summed E-state index contributed by atoms with van der Waals surface area (Å²) in [6, 6.07) is 16.7. The monoisotopic (exact) mass is 733 g/mol. The predicted octanol–water partition coefficient (Wildman–Crippen LogP) is 13.3. The molecule has 1 unspecified atom stereocenters. The van der Waals surface area contributed by atoms with E-state index < -0.39 is 0 Å². The number of fused-ring (bicyclic) bond motifs is 5. The van der Waals surface area contributed by atoms with Gasteiger partial charge in [-0.15, -0.1) is 0 Å². The quantitative estimate of drug-likeness (QED) is 0.0746. The number of rotatable bonds is 16. The first kappa shape index (κ1) is 40.7. The summed E-state index contributed by atoms with van der Waals surface area (Å²) >= 11 is 0. The van der Waals surface area contributed by atoms with Gasteiger partial charge < -0.3 is 9.47 Å². The summed E-state index contributed by atoms with van der Waals surface area (Å²) in [5.74, 6) is 12.5. The van der Waals surface area contributed by atoms with Crippen LogP contribution < -0.4 is 4.74 Å². The van der Waals surface area contributed by atoms with Crippen molar-refractivity contribution in [3.05, 3.63) is 76.9 Å². The number of carbonyl (C=O) groups excluding carboxylic acids is 1. The minimum Gasteiger partial charge on any atom is -0.494 e. The van der Waals surface area contributed by atoms with Crippen LogP contribution in [0, 0.1) is 58.2 Å². The zero-order chi connectivity index (χ0) is 38.1. The molecule has 54 heavy (non-hydrogen) atoms. The summed E-state index contributed by atoms with van der Waals surface area (Å²) in [4.78, 5) is 12.9. The van der Waals surface area contributed by atoms with Crippen molar-refractivity contribution in [2.75, 3.05) is 6.61 Å². The molecule has 0 aromatic heterocycles. The normalized spacial score (nSPS) is 29.2. The highest BCUT2D eigenvalue weighted by Gasteiger charge is 2.59. The van der Waals surface area contributed by atoms with Crippen molar-refractivity contribution in [3.8, 4) is 17.6 Å². The Morgan fingerprint density at radius 3 is 2.28 bits per heavy atom. The van der Waals surface area contributed by atoms with Gasteiger partial charge in [-0.2, -0.15) is 0 Å². The number of unbranched alkanes of at least 4 members (excludes halogenated alkanes) is 3. The zero-order valence-corrected chi connectivity index (χ0v) is 34.9. The van der Waals surface area contributed by atoms with Crippen LogP contribution in [0.15, 0.2) is 60.2 Å². The van der Waals surface area contributed by atoms with Crippen LogP contribution in [0.3, 0.4) is 0 Å². The topological polar surface area (TPSA) is 35.5 Å². The van der Waals surface area contributed by atoms with Crippen LogP contribution in [0.1, 0.15) is 167 Å². The van der Waals surface area contributed by atoms with Gasteiger partial charge >= 0.3 is 5.97 Å². The molecule has 3 fully saturated rings. The fourth-order valence-electron chi connectivity index (χ4n) is 11.7.